The Morgan fingerprint density at radius 2 is 1.33 bits per heavy atom. The van der Waals surface area contributed by atoms with Gasteiger partial charge in [-0.15, -0.1) is 0 Å². The normalized spacial score (nSPS) is 18.8. The van der Waals surface area contributed by atoms with Gasteiger partial charge in [0.05, 0.1) is 0 Å². The lowest BCUT2D eigenvalue weighted by Gasteiger charge is -2.38. The first-order chi connectivity index (χ1) is 9.82. The van der Waals surface area contributed by atoms with Gasteiger partial charge in [0, 0.05) is 6.54 Å². The quantitative estimate of drug-likeness (QED) is 0.497. The van der Waals surface area contributed by atoms with Crippen molar-refractivity contribution in [1.29, 1.82) is 0 Å². The lowest BCUT2D eigenvalue weighted by molar-refractivity contribution is -0.129. The monoisotopic (exact) mass is 312 g/mol. The van der Waals surface area contributed by atoms with Gasteiger partial charge < -0.3 is 4.90 Å². The zero-order valence-corrected chi connectivity index (χ0v) is 15.7. The van der Waals surface area contributed by atoms with Gasteiger partial charge in [-0.2, -0.15) is 0 Å². The lowest BCUT2D eigenvalue weighted by Crippen LogP contribution is -2.57. The Morgan fingerprint density at radius 3 is 1.62 bits per heavy atom. The van der Waals surface area contributed by atoms with Gasteiger partial charge in [-0.1, -0.05) is 40.0 Å². The van der Waals surface area contributed by atoms with Crippen LogP contribution in [0.15, 0.2) is 0 Å². The van der Waals surface area contributed by atoms with Gasteiger partial charge in [0.15, 0.2) is 8.24 Å². The molecule has 5 heteroatoms. The lowest BCUT2D eigenvalue weighted by atomic mass is 10.1. The van der Waals surface area contributed by atoms with Crippen LogP contribution < -0.4 is 0 Å². The molecular formula is C16H32N2O2Si. The first-order valence-corrected chi connectivity index (χ1v) is 11.1. The highest BCUT2D eigenvalue weighted by molar-refractivity contribution is 6.81. The van der Waals surface area contributed by atoms with Crippen molar-refractivity contribution in [3.8, 4) is 0 Å². The van der Waals surface area contributed by atoms with E-state index >= 15 is 0 Å². The van der Waals surface area contributed by atoms with E-state index in [1.165, 1.54) is 0 Å². The molecule has 1 heterocycles. The highest BCUT2D eigenvalue weighted by atomic mass is 28.3. The molecule has 1 aliphatic rings. The largest absolute Gasteiger partial charge is 0.319 e. The van der Waals surface area contributed by atoms with Gasteiger partial charge in [-0.3, -0.25) is 9.36 Å². The Bertz CT molecular complexity index is 379. The number of hydrogen-bond donors (Lipinski definition) is 0. The van der Waals surface area contributed by atoms with E-state index in [0.29, 0.717) is 6.54 Å². The highest BCUT2D eigenvalue weighted by Gasteiger charge is 2.57. The fourth-order valence-electron chi connectivity index (χ4n) is 3.89. The van der Waals surface area contributed by atoms with E-state index in [2.05, 4.69) is 20.8 Å². The van der Waals surface area contributed by atoms with E-state index in [1.807, 2.05) is 20.8 Å². The number of rotatable bonds is 8. The van der Waals surface area contributed by atoms with E-state index < -0.39 is 13.8 Å². The summed E-state index contributed by atoms with van der Waals surface area (Å²) in [5.74, 6) is 0.0383. The Morgan fingerprint density at radius 1 is 0.905 bits per heavy atom. The van der Waals surface area contributed by atoms with E-state index in [1.54, 1.807) is 9.47 Å². The fourth-order valence-corrected chi connectivity index (χ4v) is 9.33. The summed E-state index contributed by atoms with van der Waals surface area (Å²) in [6, 6.07) is 3.09. The number of carbonyl (C=O) groups is 2. The molecule has 0 aromatic rings. The number of imide groups is 1. The molecule has 0 atom stereocenters. The first kappa shape index (κ1) is 18.2. The van der Waals surface area contributed by atoms with Crippen molar-refractivity contribution in [2.24, 2.45) is 0 Å². The van der Waals surface area contributed by atoms with Gasteiger partial charge in [-0.05, 0) is 38.9 Å². The van der Waals surface area contributed by atoms with Crippen molar-refractivity contribution in [3.63, 3.8) is 0 Å². The van der Waals surface area contributed by atoms with Crippen LogP contribution in [0.1, 0.15) is 60.8 Å². The second kappa shape index (κ2) is 6.94. The molecule has 0 radical (unpaired) electrons. The number of hydrogen-bond acceptors (Lipinski definition) is 2. The van der Waals surface area contributed by atoms with Crippen LogP contribution in [0, 0.1) is 0 Å². The predicted octanol–water partition coefficient (Wildman–Crippen LogP) is 4.22. The maximum absolute atomic E-state index is 13.0. The molecular weight excluding hydrogens is 280 g/mol. The van der Waals surface area contributed by atoms with Crippen LogP contribution in [0.4, 0.5) is 4.79 Å². The molecule has 0 saturated carbocycles. The zero-order chi connectivity index (χ0) is 16.3. The van der Waals surface area contributed by atoms with Crippen LogP contribution in [-0.4, -0.2) is 41.7 Å². The fraction of sp³-hybridized carbons (Fsp3) is 0.875. The average molecular weight is 313 g/mol. The summed E-state index contributed by atoms with van der Waals surface area (Å²) >= 11 is 0. The molecule has 0 unspecified atom stereocenters. The van der Waals surface area contributed by atoms with Gasteiger partial charge in [0.1, 0.15) is 5.54 Å². The predicted molar refractivity (Wildman–Crippen MR) is 89.7 cm³/mol. The van der Waals surface area contributed by atoms with Crippen molar-refractivity contribution in [1.82, 2.24) is 9.47 Å². The second-order valence-corrected chi connectivity index (χ2v) is 11.1. The number of likely N-dealkylation sites (N-methyl/N-ethyl adjacent to an activating group) is 1. The summed E-state index contributed by atoms with van der Waals surface area (Å²) in [4.78, 5) is 27.6. The highest BCUT2D eigenvalue weighted by Crippen LogP contribution is 2.38. The van der Waals surface area contributed by atoms with Crippen molar-refractivity contribution in [2.45, 2.75) is 84.5 Å². The molecule has 0 aromatic carbocycles. The molecule has 0 N–H and O–H groups in total. The molecule has 3 amide bonds. The summed E-state index contributed by atoms with van der Waals surface area (Å²) in [5.41, 5.74) is -0.681. The summed E-state index contributed by atoms with van der Waals surface area (Å²) in [5, 5.41) is 0. The summed E-state index contributed by atoms with van der Waals surface area (Å²) in [6.07, 6.45) is 3.15. The van der Waals surface area contributed by atoms with E-state index in [9.17, 15) is 9.59 Å². The van der Waals surface area contributed by atoms with Crippen molar-refractivity contribution >= 4 is 20.2 Å². The molecule has 4 nitrogen and oxygen atoms in total. The maximum Gasteiger partial charge on any atom is 0.319 e. The summed E-state index contributed by atoms with van der Waals surface area (Å²) in [6.45, 7) is 12.8. The van der Waals surface area contributed by atoms with E-state index in [-0.39, 0.29) is 11.9 Å². The third-order valence-corrected chi connectivity index (χ3v) is 10.4. The van der Waals surface area contributed by atoms with Crippen molar-refractivity contribution in [2.75, 3.05) is 6.54 Å². The van der Waals surface area contributed by atoms with Gasteiger partial charge in [0.25, 0.3) is 0 Å². The molecule has 1 rings (SSSR count). The minimum Gasteiger partial charge on any atom is -0.311 e. The van der Waals surface area contributed by atoms with Crippen LogP contribution in [-0.2, 0) is 4.79 Å². The zero-order valence-electron chi connectivity index (χ0n) is 14.7. The average Bonchev–Trinajstić information content (AvgIpc) is 2.56. The van der Waals surface area contributed by atoms with Crippen molar-refractivity contribution < 1.29 is 9.59 Å². The van der Waals surface area contributed by atoms with Crippen LogP contribution >= 0.6 is 0 Å². The standard InChI is InChI=1S/C16H32N2O2Si/c1-7-11-21(12-8-2,13-9-3)18-14(19)16(5,6)17(10-4)15(18)20/h7-13H2,1-6H3. The first-order valence-electron chi connectivity index (χ1n) is 8.48. The molecule has 1 aliphatic heterocycles. The Hall–Kier alpha value is -0.843. The Balaban J connectivity index is 3.29. The minimum absolute atomic E-state index is 0.0329. The Kier molecular flexibility index (Phi) is 6.02. The Labute approximate surface area is 131 Å². The summed E-state index contributed by atoms with van der Waals surface area (Å²) in [7, 11) is -2.04. The van der Waals surface area contributed by atoms with Gasteiger partial charge in [0.2, 0.25) is 5.91 Å². The maximum atomic E-state index is 13.0. The second-order valence-electron chi connectivity index (χ2n) is 6.70. The third-order valence-electron chi connectivity index (χ3n) is 4.76. The number of carbonyl (C=O) groups excluding carboxylic acids is 2. The smallest absolute Gasteiger partial charge is 0.311 e. The van der Waals surface area contributed by atoms with Gasteiger partial charge in [-0.25, -0.2) is 4.79 Å². The SMILES string of the molecule is CCC[Si](CCC)(CCC)N1C(=O)N(CC)C(C)(C)C1=O. The molecule has 0 aromatic heterocycles. The molecule has 0 spiro atoms. The molecule has 122 valence electrons. The van der Waals surface area contributed by atoms with Crippen LogP contribution in [0.2, 0.25) is 18.1 Å². The van der Waals surface area contributed by atoms with E-state index in [4.69, 9.17) is 0 Å². The number of amides is 3. The molecule has 1 fully saturated rings. The van der Waals surface area contributed by atoms with Crippen LogP contribution in [0.3, 0.4) is 0 Å². The third kappa shape index (κ3) is 3.03. The molecule has 0 aliphatic carbocycles. The molecule has 1 saturated heterocycles. The summed E-state index contributed by atoms with van der Waals surface area (Å²) < 4.78 is 1.76. The van der Waals surface area contributed by atoms with Crippen molar-refractivity contribution in [3.05, 3.63) is 0 Å². The van der Waals surface area contributed by atoms with Gasteiger partial charge >= 0.3 is 6.03 Å². The molecule has 0 bridgehead atoms. The topological polar surface area (TPSA) is 40.6 Å². The van der Waals surface area contributed by atoms with Crippen LogP contribution in [0.25, 0.3) is 0 Å². The molecule has 21 heavy (non-hydrogen) atoms. The van der Waals surface area contributed by atoms with E-state index in [0.717, 1.165) is 37.4 Å². The number of nitrogens with zero attached hydrogens (tertiary/aromatic N) is 2. The minimum atomic E-state index is -2.04. The van der Waals surface area contributed by atoms with Crippen LogP contribution in [0.5, 0.6) is 0 Å². The number of urea groups is 1.